The summed E-state index contributed by atoms with van der Waals surface area (Å²) in [5.74, 6) is 0.0559. The maximum absolute atomic E-state index is 13.0. The van der Waals surface area contributed by atoms with Gasteiger partial charge in [0.2, 0.25) is 5.91 Å². The summed E-state index contributed by atoms with van der Waals surface area (Å²) in [5, 5.41) is 0.754. The van der Waals surface area contributed by atoms with Gasteiger partial charge >= 0.3 is 0 Å². The molecular formula is C18H19BrClN3OS2. The maximum Gasteiger partial charge on any atom is 0.234 e. The molecule has 4 nitrogen and oxygen atoms in total. The molecule has 0 saturated carbocycles. The van der Waals surface area contributed by atoms with E-state index in [9.17, 15) is 4.79 Å². The van der Waals surface area contributed by atoms with Crippen molar-refractivity contribution >= 4 is 71.5 Å². The molecule has 2 heterocycles. The van der Waals surface area contributed by atoms with Crippen molar-refractivity contribution in [1.29, 1.82) is 0 Å². The van der Waals surface area contributed by atoms with Crippen molar-refractivity contribution < 1.29 is 4.79 Å². The Bertz CT molecular complexity index is 909. The van der Waals surface area contributed by atoms with Gasteiger partial charge in [0, 0.05) is 15.9 Å². The normalized spacial score (nSPS) is 11.4. The van der Waals surface area contributed by atoms with Crippen LogP contribution < -0.4 is 4.90 Å². The predicted molar refractivity (Wildman–Crippen MR) is 116 cm³/mol. The van der Waals surface area contributed by atoms with Crippen molar-refractivity contribution in [3.63, 3.8) is 0 Å². The van der Waals surface area contributed by atoms with Crippen LogP contribution in [0.2, 0.25) is 4.34 Å². The van der Waals surface area contributed by atoms with Gasteiger partial charge in [-0.05, 0) is 57.4 Å². The van der Waals surface area contributed by atoms with Crippen molar-refractivity contribution in [3.05, 3.63) is 44.0 Å². The molecule has 1 aromatic carbocycles. The fourth-order valence-corrected chi connectivity index (χ4v) is 5.20. The second-order valence-electron chi connectivity index (χ2n) is 6.19. The third kappa shape index (κ3) is 5.04. The maximum atomic E-state index is 13.0. The van der Waals surface area contributed by atoms with Crippen LogP contribution in [-0.2, 0) is 11.2 Å². The summed E-state index contributed by atoms with van der Waals surface area (Å²) in [7, 11) is 4.07. The van der Waals surface area contributed by atoms with Gasteiger partial charge in [0.25, 0.3) is 0 Å². The zero-order valence-corrected chi connectivity index (χ0v) is 18.5. The molecule has 0 aliphatic carbocycles. The number of rotatable bonds is 7. The first kappa shape index (κ1) is 19.8. The number of aromatic nitrogens is 1. The topological polar surface area (TPSA) is 36.4 Å². The Hall–Kier alpha value is -0.990. The number of thiophene rings is 1. The molecule has 3 aromatic rings. The zero-order valence-electron chi connectivity index (χ0n) is 14.5. The third-order valence-corrected chi connectivity index (χ3v) is 6.58. The van der Waals surface area contributed by atoms with E-state index in [2.05, 4.69) is 25.8 Å². The minimum atomic E-state index is 0.0559. The smallest absolute Gasteiger partial charge is 0.234 e. The van der Waals surface area contributed by atoms with Crippen LogP contribution >= 0.6 is 50.2 Å². The molecule has 0 saturated heterocycles. The summed E-state index contributed by atoms with van der Waals surface area (Å²) < 4.78 is 2.79. The molecule has 2 aromatic heterocycles. The molecule has 0 aliphatic rings. The number of nitrogens with zero attached hydrogens (tertiary/aromatic N) is 3. The van der Waals surface area contributed by atoms with Gasteiger partial charge in [0.05, 0.1) is 21.0 Å². The van der Waals surface area contributed by atoms with Crippen LogP contribution in [-0.4, -0.2) is 43.0 Å². The highest BCUT2D eigenvalue weighted by Crippen LogP contribution is 2.32. The second kappa shape index (κ2) is 8.80. The number of fused-ring (bicyclic) bond motifs is 1. The van der Waals surface area contributed by atoms with E-state index in [0.717, 1.165) is 37.7 Å². The van der Waals surface area contributed by atoms with Crippen molar-refractivity contribution in [2.24, 2.45) is 0 Å². The first-order chi connectivity index (χ1) is 12.4. The van der Waals surface area contributed by atoms with E-state index in [-0.39, 0.29) is 5.91 Å². The van der Waals surface area contributed by atoms with Crippen molar-refractivity contribution in [2.75, 3.05) is 32.1 Å². The first-order valence-corrected chi connectivity index (χ1v) is 11.0. The third-order valence-electron chi connectivity index (χ3n) is 3.81. The monoisotopic (exact) mass is 471 g/mol. The van der Waals surface area contributed by atoms with Gasteiger partial charge in [-0.15, -0.1) is 11.3 Å². The Morgan fingerprint density at radius 3 is 2.69 bits per heavy atom. The molecule has 0 fully saturated rings. The number of hydrogen-bond donors (Lipinski definition) is 0. The summed E-state index contributed by atoms with van der Waals surface area (Å²) in [6, 6.07) is 9.73. The molecule has 0 spiro atoms. The number of carbonyl (C=O) groups is 1. The molecule has 0 unspecified atom stereocenters. The Morgan fingerprint density at radius 1 is 1.19 bits per heavy atom. The predicted octanol–water partition coefficient (Wildman–Crippen LogP) is 5.30. The Balaban J connectivity index is 1.84. The number of amides is 1. The van der Waals surface area contributed by atoms with Crippen LogP contribution in [0.3, 0.4) is 0 Å². The lowest BCUT2D eigenvalue weighted by atomic mass is 10.3. The number of benzene rings is 1. The summed E-state index contributed by atoms with van der Waals surface area (Å²) >= 11 is 12.5. The van der Waals surface area contributed by atoms with Crippen molar-refractivity contribution in [2.45, 2.75) is 12.8 Å². The van der Waals surface area contributed by atoms with Gasteiger partial charge in [-0.2, -0.15) is 0 Å². The van der Waals surface area contributed by atoms with E-state index in [4.69, 9.17) is 11.6 Å². The highest BCUT2D eigenvalue weighted by molar-refractivity contribution is 9.10. The highest BCUT2D eigenvalue weighted by atomic mass is 79.9. The molecule has 8 heteroatoms. The van der Waals surface area contributed by atoms with Gasteiger partial charge in [-0.1, -0.05) is 38.9 Å². The van der Waals surface area contributed by atoms with Gasteiger partial charge in [-0.3, -0.25) is 9.69 Å². The molecule has 138 valence electrons. The average Bonchev–Trinajstić information content (AvgIpc) is 3.16. The average molecular weight is 473 g/mol. The fraction of sp³-hybridized carbons (Fsp3) is 0.333. The Kier molecular flexibility index (Phi) is 6.69. The Morgan fingerprint density at radius 2 is 2.00 bits per heavy atom. The number of carbonyl (C=O) groups excluding carboxylic acids is 1. The molecule has 3 rings (SSSR count). The summed E-state index contributed by atoms with van der Waals surface area (Å²) in [6.07, 6.45) is 1.24. The quantitative estimate of drug-likeness (QED) is 0.468. The van der Waals surface area contributed by atoms with E-state index >= 15 is 0 Å². The summed E-state index contributed by atoms with van der Waals surface area (Å²) in [5.41, 5.74) is 0.915. The molecule has 26 heavy (non-hydrogen) atoms. The standard InChI is InChI=1S/C18H19BrClN3OS2/c1-22(2)8-3-9-23(17(24)11-13-5-7-16(20)25-13)18-21-14-6-4-12(19)10-15(14)26-18/h4-7,10H,3,8-9,11H2,1-2H3. The van der Waals surface area contributed by atoms with Gasteiger partial charge in [0.1, 0.15) is 0 Å². The molecule has 1 amide bonds. The fourth-order valence-electron chi connectivity index (χ4n) is 2.57. The molecule has 0 radical (unpaired) electrons. The van der Waals surface area contributed by atoms with Gasteiger partial charge in [0.15, 0.2) is 5.13 Å². The number of thiazole rings is 1. The van der Waals surface area contributed by atoms with E-state index < -0.39 is 0 Å². The second-order valence-corrected chi connectivity index (χ2v) is 9.92. The molecule has 0 bridgehead atoms. The van der Waals surface area contributed by atoms with E-state index in [0.29, 0.717) is 17.3 Å². The molecular weight excluding hydrogens is 454 g/mol. The van der Waals surface area contributed by atoms with Crippen molar-refractivity contribution in [1.82, 2.24) is 9.88 Å². The van der Waals surface area contributed by atoms with E-state index in [1.807, 2.05) is 49.3 Å². The summed E-state index contributed by atoms with van der Waals surface area (Å²) in [4.78, 5) is 22.6. The largest absolute Gasteiger partial charge is 0.309 e. The number of halogens is 2. The highest BCUT2D eigenvalue weighted by Gasteiger charge is 2.20. The van der Waals surface area contributed by atoms with Crippen LogP contribution in [0.25, 0.3) is 10.2 Å². The molecule has 0 N–H and O–H groups in total. The van der Waals surface area contributed by atoms with Gasteiger partial charge < -0.3 is 4.90 Å². The molecule has 0 aliphatic heterocycles. The van der Waals surface area contributed by atoms with Crippen molar-refractivity contribution in [3.8, 4) is 0 Å². The molecule has 0 atom stereocenters. The lowest BCUT2D eigenvalue weighted by molar-refractivity contribution is -0.118. The van der Waals surface area contributed by atoms with Crippen LogP contribution in [0.1, 0.15) is 11.3 Å². The summed E-state index contributed by atoms with van der Waals surface area (Å²) in [6.45, 7) is 1.57. The lowest BCUT2D eigenvalue weighted by Crippen LogP contribution is -2.34. The lowest BCUT2D eigenvalue weighted by Gasteiger charge is -2.20. The SMILES string of the molecule is CN(C)CCCN(C(=O)Cc1ccc(Cl)s1)c1nc2ccc(Br)cc2s1. The minimum absolute atomic E-state index is 0.0559. The van der Waals surface area contributed by atoms with Crippen LogP contribution in [0.15, 0.2) is 34.8 Å². The van der Waals surface area contributed by atoms with E-state index in [1.54, 1.807) is 11.3 Å². The Labute approximate surface area is 174 Å². The minimum Gasteiger partial charge on any atom is -0.309 e. The first-order valence-electron chi connectivity index (χ1n) is 8.18. The van der Waals surface area contributed by atoms with Crippen LogP contribution in [0.4, 0.5) is 5.13 Å². The van der Waals surface area contributed by atoms with Gasteiger partial charge in [-0.25, -0.2) is 4.98 Å². The van der Waals surface area contributed by atoms with E-state index in [1.165, 1.54) is 11.3 Å². The van der Waals surface area contributed by atoms with Crippen LogP contribution in [0.5, 0.6) is 0 Å². The number of anilines is 1. The number of hydrogen-bond acceptors (Lipinski definition) is 5. The van der Waals surface area contributed by atoms with Crippen LogP contribution in [0, 0.1) is 0 Å². The zero-order chi connectivity index (χ0) is 18.7.